The molecule has 1 fully saturated rings. The summed E-state index contributed by atoms with van der Waals surface area (Å²) in [6, 6.07) is 9.19. The van der Waals surface area contributed by atoms with Gasteiger partial charge in [0.15, 0.2) is 0 Å². The Kier molecular flexibility index (Phi) is 4.97. The number of likely N-dealkylation sites (tertiary alicyclic amines) is 1. The van der Waals surface area contributed by atoms with Crippen molar-refractivity contribution in [3.63, 3.8) is 0 Å². The van der Waals surface area contributed by atoms with E-state index in [9.17, 15) is 0 Å². The molecule has 19 heavy (non-hydrogen) atoms. The summed E-state index contributed by atoms with van der Waals surface area (Å²) in [5.74, 6) is 0.649. The summed E-state index contributed by atoms with van der Waals surface area (Å²) < 4.78 is 5.28. The highest BCUT2D eigenvalue weighted by Gasteiger charge is 2.31. The molecule has 0 saturated carbocycles. The summed E-state index contributed by atoms with van der Waals surface area (Å²) >= 11 is 0. The fourth-order valence-electron chi connectivity index (χ4n) is 3.19. The van der Waals surface area contributed by atoms with E-state index < -0.39 is 0 Å². The maximum atomic E-state index is 6.25. The van der Waals surface area contributed by atoms with Gasteiger partial charge in [0.25, 0.3) is 0 Å². The largest absolute Gasteiger partial charge is 0.384 e. The van der Waals surface area contributed by atoms with E-state index in [0.717, 1.165) is 19.7 Å². The van der Waals surface area contributed by atoms with Crippen LogP contribution in [0.25, 0.3) is 0 Å². The molecule has 0 bridgehead atoms. The molecule has 1 aliphatic heterocycles. The fraction of sp³-hybridized carbons (Fsp3) is 0.625. The normalized spacial score (nSPS) is 23.5. The van der Waals surface area contributed by atoms with Crippen LogP contribution in [0.4, 0.5) is 0 Å². The molecule has 3 nitrogen and oxygen atoms in total. The second-order valence-corrected chi connectivity index (χ2v) is 5.82. The fourth-order valence-corrected chi connectivity index (χ4v) is 3.19. The van der Waals surface area contributed by atoms with Gasteiger partial charge < -0.3 is 10.5 Å². The Hall–Kier alpha value is -0.900. The second kappa shape index (κ2) is 6.51. The van der Waals surface area contributed by atoms with Crippen LogP contribution in [0.1, 0.15) is 30.5 Å². The minimum absolute atomic E-state index is 0.142. The molecule has 2 rings (SSSR count). The third-order valence-corrected chi connectivity index (χ3v) is 3.99. The molecule has 0 radical (unpaired) electrons. The molecule has 1 aromatic carbocycles. The van der Waals surface area contributed by atoms with E-state index >= 15 is 0 Å². The first kappa shape index (κ1) is 14.5. The van der Waals surface area contributed by atoms with E-state index in [1.807, 2.05) is 0 Å². The number of hydrogen-bond donors (Lipinski definition) is 1. The number of nitrogens with zero attached hydrogens (tertiary/aromatic N) is 1. The zero-order valence-corrected chi connectivity index (χ0v) is 12.3. The second-order valence-electron chi connectivity index (χ2n) is 5.82. The monoisotopic (exact) mass is 262 g/mol. The first-order valence-corrected chi connectivity index (χ1v) is 7.17. The van der Waals surface area contributed by atoms with Crippen molar-refractivity contribution in [1.29, 1.82) is 0 Å². The topological polar surface area (TPSA) is 38.5 Å². The molecular formula is C16H26N2O. The predicted molar refractivity (Wildman–Crippen MR) is 79.1 cm³/mol. The zero-order chi connectivity index (χ0) is 13.8. The Labute approximate surface area is 116 Å². The first-order chi connectivity index (χ1) is 9.11. The lowest BCUT2D eigenvalue weighted by Gasteiger charge is -2.31. The van der Waals surface area contributed by atoms with Crippen LogP contribution in [-0.4, -0.2) is 37.7 Å². The quantitative estimate of drug-likeness (QED) is 0.885. The van der Waals surface area contributed by atoms with Gasteiger partial charge in [-0.25, -0.2) is 0 Å². The van der Waals surface area contributed by atoms with Gasteiger partial charge >= 0.3 is 0 Å². The molecule has 3 unspecified atom stereocenters. The third kappa shape index (κ3) is 3.56. The Balaban J connectivity index is 2.13. The van der Waals surface area contributed by atoms with Crippen LogP contribution in [0.5, 0.6) is 0 Å². The van der Waals surface area contributed by atoms with Crippen LogP contribution in [0.15, 0.2) is 24.3 Å². The zero-order valence-electron chi connectivity index (χ0n) is 12.3. The molecule has 1 aromatic rings. The van der Waals surface area contributed by atoms with Crippen molar-refractivity contribution in [3.8, 4) is 0 Å². The van der Waals surface area contributed by atoms with E-state index in [1.165, 1.54) is 17.5 Å². The Morgan fingerprint density at radius 1 is 1.47 bits per heavy atom. The summed E-state index contributed by atoms with van der Waals surface area (Å²) in [7, 11) is 1.78. The minimum atomic E-state index is 0.142. The van der Waals surface area contributed by atoms with Crippen molar-refractivity contribution in [3.05, 3.63) is 35.4 Å². The van der Waals surface area contributed by atoms with Crippen molar-refractivity contribution in [2.24, 2.45) is 11.7 Å². The molecule has 1 heterocycles. The van der Waals surface area contributed by atoms with Crippen LogP contribution < -0.4 is 5.73 Å². The molecule has 1 saturated heterocycles. The lowest BCUT2D eigenvalue weighted by Crippen LogP contribution is -2.38. The number of benzene rings is 1. The number of hydrogen-bond acceptors (Lipinski definition) is 3. The number of aryl methyl sites for hydroxylation is 1. The van der Waals surface area contributed by atoms with E-state index in [4.69, 9.17) is 10.5 Å². The van der Waals surface area contributed by atoms with E-state index in [1.54, 1.807) is 7.11 Å². The molecule has 2 N–H and O–H groups in total. The molecule has 106 valence electrons. The van der Waals surface area contributed by atoms with Gasteiger partial charge in [-0.15, -0.1) is 0 Å². The van der Waals surface area contributed by atoms with Crippen LogP contribution in [0.3, 0.4) is 0 Å². The molecular weight excluding hydrogens is 236 g/mol. The maximum absolute atomic E-state index is 6.25. The summed E-state index contributed by atoms with van der Waals surface area (Å²) in [5, 5.41) is 0. The van der Waals surface area contributed by atoms with Gasteiger partial charge in [0, 0.05) is 25.7 Å². The SMILES string of the molecule is COCC1CCN(C(c2cccc(C)c2)C(C)N)C1. The van der Waals surface area contributed by atoms with E-state index in [0.29, 0.717) is 12.0 Å². The summed E-state index contributed by atoms with van der Waals surface area (Å²) in [6.07, 6.45) is 1.21. The van der Waals surface area contributed by atoms with Gasteiger partial charge in [-0.2, -0.15) is 0 Å². The molecule has 0 aromatic heterocycles. The molecule has 3 atom stereocenters. The van der Waals surface area contributed by atoms with Gasteiger partial charge in [0.1, 0.15) is 0 Å². The van der Waals surface area contributed by atoms with Crippen molar-refractivity contribution < 1.29 is 4.74 Å². The van der Waals surface area contributed by atoms with Crippen LogP contribution in [0.2, 0.25) is 0 Å². The van der Waals surface area contributed by atoms with Gasteiger partial charge in [-0.3, -0.25) is 4.90 Å². The average molecular weight is 262 g/mol. The highest BCUT2D eigenvalue weighted by molar-refractivity contribution is 5.26. The van der Waals surface area contributed by atoms with Crippen molar-refractivity contribution in [1.82, 2.24) is 4.90 Å². The summed E-state index contributed by atoms with van der Waals surface area (Å²) in [6.45, 7) is 7.31. The Morgan fingerprint density at radius 3 is 2.89 bits per heavy atom. The molecule has 0 spiro atoms. The lowest BCUT2D eigenvalue weighted by atomic mass is 9.98. The number of nitrogens with two attached hydrogens (primary N) is 1. The Morgan fingerprint density at radius 2 is 2.26 bits per heavy atom. The van der Waals surface area contributed by atoms with Crippen LogP contribution in [0, 0.1) is 12.8 Å². The first-order valence-electron chi connectivity index (χ1n) is 7.17. The average Bonchev–Trinajstić information content (AvgIpc) is 2.78. The molecule has 0 amide bonds. The minimum Gasteiger partial charge on any atom is -0.384 e. The van der Waals surface area contributed by atoms with Crippen molar-refractivity contribution in [2.45, 2.75) is 32.4 Å². The third-order valence-electron chi connectivity index (χ3n) is 3.99. The van der Waals surface area contributed by atoms with E-state index in [2.05, 4.69) is 43.0 Å². The number of rotatable bonds is 5. The number of methoxy groups -OCH3 is 1. The standard InChI is InChI=1S/C16H26N2O/c1-12-5-4-6-15(9-12)16(13(2)17)18-8-7-14(10-18)11-19-3/h4-6,9,13-14,16H,7-8,10-11,17H2,1-3H3. The smallest absolute Gasteiger partial charge is 0.0503 e. The van der Waals surface area contributed by atoms with Gasteiger partial charge in [-0.1, -0.05) is 29.8 Å². The molecule has 0 aliphatic carbocycles. The van der Waals surface area contributed by atoms with Gasteiger partial charge in [0.05, 0.1) is 6.61 Å². The number of ether oxygens (including phenoxy) is 1. The van der Waals surface area contributed by atoms with Crippen LogP contribution >= 0.6 is 0 Å². The highest BCUT2D eigenvalue weighted by atomic mass is 16.5. The van der Waals surface area contributed by atoms with Crippen molar-refractivity contribution in [2.75, 3.05) is 26.8 Å². The van der Waals surface area contributed by atoms with Crippen LogP contribution in [-0.2, 0) is 4.74 Å². The predicted octanol–water partition coefficient (Wildman–Crippen LogP) is 2.35. The molecule has 3 heteroatoms. The summed E-state index contributed by atoms with van der Waals surface area (Å²) in [5.41, 5.74) is 8.89. The van der Waals surface area contributed by atoms with Gasteiger partial charge in [-0.05, 0) is 38.3 Å². The summed E-state index contributed by atoms with van der Waals surface area (Å²) in [4.78, 5) is 2.52. The van der Waals surface area contributed by atoms with E-state index in [-0.39, 0.29) is 6.04 Å². The highest BCUT2D eigenvalue weighted by Crippen LogP contribution is 2.30. The maximum Gasteiger partial charge on any atom is 0.0503 e. The lowest BCUT2D eigenvalue weighted by molar-refractivity contribution is 0.143. The van der Waals surface area contributed by atoms with Crippen molar-refractivity contribution >= 4 is 0 Å². The molecule has 1 aliphatic rings. The van der Waals surface area contributed by atoms with Gasteiger partial charge in [0.2, 0.25) is 0 Å². The Bertz CT molecular complexity index is 405.